The Labute approximate surface area is 250 Å². The topological polar surface area (TPSA) is 49.9 Å². The molecule has 0 aliphatic heterocycles. The number of nitrogens with zero attached hydrogens (tertiary/aromatic N) is 3. The fourth-order valence-electron chi connectivity index (χ4n) is 5.55. The number of aromatic hydroxyl groups is 1. The molecule has 0 unspecified atom stereocenters. The van der Waals surface area contributed by atoms with Gasteiger partial charge in [0.15, 0.2) is 0 Å². The highest BCUT2D eigenvalue weighted by Crippen LogP contribution is 2.40. The Morgan fingerprint density at radius 1 is 0.419 bits per heavy atom. The third-order valence-electron chi connectivity index (χ3n) is 7.61. The zero-order valence-electron chi connectivity index (χ0n) is 23.4. The lowest BCUT2D eigenvalue weighted by molar-refractivity contribution is -0.572. The Morgan fingerprint density at radius 3 is 1.26 bits per heavy atom. The molecular formula is C39H28N3O+. The first-order valence-electron chi connectivity index (χ1n) is 14.2. The molecule has 1 N–H and O–H groups in total. The molecule has 204 valence electrons. The van der Waals surface area contributed by atoms with Crippen molar-refractivity contribution >= 4 is 0 Å². The summed E-state index contributed by atoms with van der Waals surface area (Å²) in [6.45, 7) is 0. The molecule has 3 heterocycles. The quantitative estimate of drug-likeness (QED) is 0.209. The van der Waals surface area contributed by atoms with Gasteiger partial charge in [0.1, 0.15) is 5.75 Å². The number of phenolic OH excluding ortho intramolecular Hbond substituents is 1. The van der Waals surface area contributed by atoms with E-state index in [9.17, 15) is 5.11 Å². The number of benzene rings is 4. The predicted octanol–water partition coefficient (Wildman–Crippen LogP) is 8.79. The van der Waals surface area contributed by atoms with Gasteiger partial charge in [0.05, 0.1) is 0 Å². The molecule has 0 radical (unpaired) electrons. The molecule has 4 aromatic carbocycles. The van der Waals surface area contributed by atoms with Gasteiger partial charge in [0, 0.05) is 82.4 Å². The number of pyridine rings is 3. The van der Waals surface area contributed by atoms with Gasteiger partial charge < -0.3 is 5.11 Å². The van der Waals surface area contributed by atoms with Crippen LogP contribution in [0.4, 0.5) is 0 Å². The average Bonchev–Trinajstić information content (AvgIpc) is 3.10. The molecule has 0 spiro atoms. The maximum atomic E-state index is 11.7. The van der Waals surface area contributed by atoms with Crippen LogP contribution in [-0.2, 0) is 0 Å². The SMILES string of the molecule is Oc1c(-c2cccnc2)cc(-[n+]2c(-c3ccccc3)cc(-c3ccccc3)cc2-c2ccccc2)cc1-c1cccnc1. The fraction of sp³-hybridized carbons (Fsp3) is 0. The number of rotatable bonds is 6. The highest BCUT2D eigenvalue weighted by Gasteiger charge is 2.27. The number of hydrogen-bond donors (Lipinski definition) is 1. The minimum Gasteiger partial charge on any atom is -0.507 e. The van der Waals surface area contributed by atoms with Gasteiger partial charge in [0.2, 0.25) is 17.1 Å². The van der Waals surface area contributed by atoms with Crippen LogP contribution < -0.4 is 4.57 Å². The molecule has 43 heavy (non-hydrogen) atoms. The monoisotopic (exact) mass is 554 g/mol. The van der Waals surface area contributed by atoms with E-state index in [1.165, 1.54) is 0 Å². The van der Waals surface area contributed by atoms with Crippen molar-refractivity contribution in [1.29, 1.82) is 0 Å². The van der Waals surface area contributed by atoms with Crippen LogP contribution in [0.15, 0.2) is 164 Å². The smallest absolute Gasteiger partial charge is 0.219 e. The van der Waals surface area contributed by atoms with Crippen LogP contribution in [0, 0.1) is 0 Å². The molecule has 0 saturated heterocycles. The summed E-state index contributed by atoms with van der Waals surface area (Å²) in [5.41, 5.74) is 10.4. The maximum absolute atomic E-state index is 11.7. The first-order chi connectivity index (χ1) is 21.3. The number of aromatic nitrogens is 3. The van der Waals surface area contributed by atoms with Crippen molar-refractivity contribution in [3.8, 4) is 67.3 Å². The molecule has 0 fully saturated rings. The van der Waals surface area contributed by atoms with Gasteiger partial charge in [-0.15, -0.1) is 0 Å². The number of phenols is 1. The Kier molecular flexibility index (Phi) is 7.00. The van der Waals surface area contributed by atoms with E-state index in [1.54, 1.807) is 24.8 Å². The molecule has 4 heteroatoms. The molecule has 0 aliphatic rings. The van der Waals surface area contributed by atoms with Crippen LogP contribution in [-0.4, -0.2) is 15.1 Å². The van der Waals surface area contributed by atoms with Gasteiger partial charge in [-0.1, -0.05) is 78.9 Å². The summed E-state index contributed by atoms with van der Waals surface area (Å²) in [5.74, 6) is 0.189. The molecule has 0 atom stereocenters. The second-order valence-electron chi connectivity index (χ2n) is 10.3. The molecule has 0 bridgehead atoms. The van der Waals surface area contributed by atoms with E-state index in [4.69, 9.17) is 0 Å². The molecule has 7 aromatic rings. The zero-order chi connectivity index (χ0) is 29.0. The fourth-order valence-corrected chi connectivity index (χ4v) is 5.55. The zero-order valence-corrected chi connectivity index (χ0v) is 23.4. The second kappa shape index (κ2) is 11.6. The van der Waals surface area contributed by atoms with E-state index >= 15 is 0 Å². The van der Waals surface area contributed by atoms with Crippen LogP contribution in [0.2, 0.25) is 0 Å². The van der Waals surface area contributed by atoms with Crippen LogP contribution in [0.3, 0.4) is 0 Å². The molecule has 7 rings (SSSR count). The largest absolute Gasteiger partial charge is 0.507 e. The van der Waals surface area contributed by atoms with E-state index < -0.39 is 0 Å². The van der Waals surface area contributed by atoms with Crippen molar-refractivity contribution in [1.82, 2.24) is 9.97 Å². The van der Waals surface area contributed by atoms with Gasteiger partial charge in [-0.05, 0) is 47.5 Å². The first kappa shape index (κ1) is 26.1. The van der Waals surface area contributed by atoms with Gasteiger partial charge in [-0.2, -0.15) is 4.57 Å². The minimum atomic E-state index is 0.189. The standard InChI is InChI=1S/C39H27N3O/c43-39-35(31-18-10-20-40-26-31)24-34(25-36(39)32-19-11-21-41-27-32)42-37(29-14-6-2-7-15-29)22-33(28-12-4-1-5-13-28)23-38(42)30-16-8-3-9-17-30/h1-27H/p+1. The Bertz CT molecular complexity index is 1870. The highest BCUT2D eigenvalue weighted by molar-refractivity contribution is 5.84. The van der Waals surface area contributed by atoms with Crippen LogP contribution in [0.5, 0.6) is 5.75 Å². The highest BCUT2D eigenvalue weighted by atomic mass is 16.3. The summed E-state index contributed by atoms with van der Waals surface area (Å²) in [6, 6.07) is 47.7. The van der Waals surface area contributed by atoms with Crippen molar-refractivity contribution < 1.29 is 9.67 Å². The first-order valence-corrected chi connectivity index (χ1v) is 14.2. The molecule has 0 aliphatic carbocycles. The Balaban J connectivity index is 1.60. The maximum Gasteiger partial charge on any atom is 0.219 e. The molecular weight excluding hydrogens is 526 g/mol. The van der Waals surface area contributed by atoms with Gasteiger partial charge in [0.25, 0.3) is 0 Å². The summed E-state index contributed by atoms with van der Waals surface area (Å²) >= 11 is 0. The van der Waals surface area contributed by atoms with Crippen LogP contribution in [0.25, 0.3) is 61.6 Å². The van der Waals surface area contributed by atoms with E-state index in [-0.39, 0.29) is 5.75 Å². The summed E-state index contributed by atoms with van der Waals surface area (Å²) in [4.78, 5) is 8.70. The lowest BCUT2D eigenvalue weighted by Crippen LogP contribution is -2.36. The Morgan fingerprint density at radius 2 is 0.837 bits per heavy atom. The van der Waals surface area contributed by atoms with Crippen molar-refractivity contribution in [3.63, 3.8) is 0 Å². The van der Waals surface area contributed by atoms with Crippen molar-refractivity contribution in [2.45, 2.75) is 0 Å². The normalized spacial score (nSPS) is 10.9. The molecule has 0 saturated carbocycles. The van der Waals surface area contributed by atoms with E-state index in [0.717, 1.165) is 50.5 Å². The third kappa shape index (κ3) is 5.18. The van der Waals surface area contributed by atoms with Crippen LogP contribution in [0.1, 0.15) is 0 Å². The molecule has 4 nitrogen and oxygen atoms in total. The molecule has 0 amide bonds. The van der Waals surface area contributed by atoms with E-state index in [0.29, 0.717) is 11.1 Å². The van der Waals surface area contributed by atoms with E-state index in [2.05, 4.69) is 99.5 Å². The predicted molar refractivity (Wildman–Crippen MR) is 172 cm³/mol. The summed E-state index contributed by atoms with van der Waals surface area (Å²) < 4.78 is 2.29. The third-order valence-corrected chi connectivity index (χ3v) is 7.61. The van der Waals surface area contributed by atoms with Crippen molar-refractivity contribution in [3.05, 3.63) is 164 Å². The van der Waals surface area contributed by atoms with Gasteiger partial charge in [-0.25, -0.2) is 0 Å². The summed E-state index contributed by atoms with van der Waals surface area (Å²) in [7, 11) is 0. The molecule has 3 aromatic heterocycles. The van der Waals surface area contributed by atoms with Crippen molar-refractivity contribution in [2.24, 2.45) is 0 Å². The summed E-state index contributed by atoms with van der Waals surface area (Å²) in [5, 5.41) is 11.7. The van der Waals surface area contributed by atoms with Gasteiger partial charge in [-0.3, -0.25) is 9.97 Å². The van der Waals surface area contributed by atoms with Gasteiger partial charge >= 0.3 is 0 Å². The lowest BCUT2D eigenvalue weighted by Gasteiger charge is -2.16. The average molecular weight is 555 g/mol. The summed E-state index contributed by atoms with van der Waals surface area (Å²) in [6.07, 6.45) is 7.05. The van der Waals surface area contributed by atoms with Crippen molar-refractivity contribution in [2.75, 3.05) is 0 Å². The van der Waals surface area contributed by atoms with Crippen LogP contribution >= 0.6 is 0 Å². The van der Waals surface area contributed by atoms with E-state index in [1.807, 2.05) is 54.6 Å². The minimum absolute atomic E-state index is 0.189. The lowest BCUT2D eigenvalue weighted by atomic mass is 9.95. The Hall–Kier alpha value is -5.87. The number of hydrogen-bond acceptors (Lipinski definition) is 3. The second-order valence-corrected chi connectivity index (χ2v) is 10.3.